The van der Waals surface area contributed by atoms with E-state index in [2.05, 4.69) is 10.6 Å². The van der Waals surface area contributed by atoms with E-state index in [9.17, 15) is 24.6 Å². The van der Waals surface area contributed by atoms with Crippen LogP contribution in [0.5, 0.6) is 5.75 Å². The number of nitrogens with one attached hydrogen (secondary N) is 2. The van der Waals surface area contributed by atoms with Crippen LogP contribution in [0.3, 0.4) is 0 Å². The van der Waals surface area contributed by atoms with Crippen molar-refractivity contribution in [2.75, 3.05) is 13.2 Å². The summed E-state index contributed by atoms with van der Waals surface area (Å²) >= 11 is 0. The largest absolute Gasteiger partial charge is 0.508 e. The minimum Gasteiger partial charge on any atom is -0.508 e. The lowest BCUT2D eigenvalue weighted by atomic mass is 10.0. The Labute approximate surface area is 190 Å². The zero-order chi connectivity index (χ0) is 24.5. The molecule has 180 valence electrons. The van der Waals surface area contributed by atoms with Crippen molar-refractivity contribution in [1.29, 1.82) is 0 Å². The summed E-state index contributed by atoms with van der Waals surface area (Å²) in [5.74, 6) is -1.24. The van der Waals surface area contributed by atoms with Crippen LogP contribution in [-0.4, -0.2) is 63.9 Å². The first-order chi connectivity index (χ1) is 14.9. The van der Waals surface area contributed by atoms with E-state index in [1.807, 2.05) is 13.8 Å². The van der Waals surface area contributed by atoms with Crippen molar-refractivity contribution in [3.8, 4) is 5.75 Å². The number of amides is 3. The van der Waals surface area contributed by atoms with E-state index in [4.69, 9.17) is 4.74 Å². The third kappa shape index (κ3) is 8.37. The fourth-order valence-electron chi connectivity index (χ4n) is 3.27. The molecule has 3 unspecified atom stereocenters. The highest BCUT2D eigenvalue weighted by Crippen LogP contribution is 2.29. The van der Waals surface area contributed by atoms with Gasteiger partial charge in [0.15, 0.2) is 0 Å². The maximum absolute atomic E-state index is 13.3. The summed E-state index contributed by atoms with van der Waals surface area (Å²) in [6.45, 7) is 9.84. The lowest BCUT2D eigenvalue weighted by molar-refractivity contribution is -0.143. The normalized spacial score (nSPS) is 14.1. The molecule has 0 radical (unpaired) electrons. The van der Waals surface area contributed by atoms with E-state index in [-0.39, 0.29) is 23.9 Å². The van der Waals surface area contributed by atoms with Crippen LogP contribution >= 0.6 is 0 Å². The molecule has 0 aliphatic carbocycles. The van der Waals surface area contributed by atoms with E-state index in [1.165, 1.54) is 13.0 Å². The Morgan fingerprint density at radius 2 is 1.75 bits per heavy atom. The highest BCUT2D eigenvalue weighted by Gasteiger charge is 2.36. The standard InChI is InChI=1S/C23H37N3O6/c1-7-10-15(2)24-20(29)19(17-11-8-9-12-18(17)28)26(13-14-27)21(30)16(3)25-22(31)32-23(4,5)6/h8-9,11-12,15-16,19,27-28H,7,10,13-14H2,1-6H3,(H,24,29)(H,25,31). The number of phenolic OH excluding ortho intramolecular Hbond substituents is 1. The molecule has 1 rings (SSSR count). The van der Waals surface area contributed by atoms with Gasteiger partial charge in [-0.2, -0.15) is 0 Å². The first kappa shape index (κ1) is 27.2. The summed E-state index contributed by atoms with van der Waals surface area (Å²) in [7, 11) is 0. The first-order valence-corrected chi connectivity index (χ1v) is 10.9. The number of nitrogens with zero attached hydrogens (tertiary/aromatic N) is 1. The van der Waals surface area contributed by atoms with E-state index >= 15 is 0 Å². The molecule has 0 aliphatic heterocycles. The Morgan fingerprint density at radius 3 is 2.28 bits per heavy atom. The van der Waals surface area contributed by atoms with Gasteiger partial charge in [0.1, 0.15) is 23.4 Å². The summed E-state index contributed by atoms with van der Waals surface area (Å²) in [6.07, 6.45) is 0.824. The van der Waals surface area contributed by atoms with Gasteiger partial charge in [-0.25, -0.2) is 4.79 Å². The molecule has 0 heterocycles. The van der Waals surface area contributed by atoms with Gasteiger partial charge in [0.2, 0.25) is 11.8 Å². The average molecular weight is 452 g/mol. The van der Waals surface area contributed by atoms with Gasteiger partial charge in [-0.05, 0) is 47.1 Å². The molecule has 4 N–H and O–H groups in total. The molecular weight excluding hydrogens is 414 g/mol. The molecule has 0 aromatic heterocycles. The predicted molar refractivity (Wildman–Crippen MR) is 121 cm³/mol. The zero-order valence-electron chi connectivity index (χ0n) is 19.8. The maximum atomic E-state index is 13.3. The quantitative estimate of drug-likeness (QED) is 0.433. The van der Waals surface area contributed by atoms with Gasteiger partial charge >= 0.3 is 6.09 Å². The highest BCUT2D eigenvalue weighted by molar-refractivity contribution is 5.92. The maximum Gasteiger partial charge on any atom is 0.408 e. The van der Waals surface area contributed by atoms with Gasteiger partial charge in [-0.15, -0.1) is 0 Å². The fourth-order valence-corrected chi connectivity index (χ4v) is 3.27. The van der Waals surface area contributed by atoms with Crippen molar-refractivity contribution in [2.45, 2.75) is 78.1 Å². The second-order valence-electron chi connectivity index (χ2n) is 8.78. The van der Waals surface area contributed by atoms with E-state index in [0.717, 1.165) is 17.7 Å². The Bertz CT molecular complexity index is 777. The summed E-state index contributed by atoms with van der Waals surface area (Å²) in [5.41, 5.74) is -0.523. The number of carbonyl (C=O) groups is 3. The molecule has 1 aromatic carbocycles. The summed E-state index contributed by atoms with van der Waals surface area (Å²) in [4.78, 5) is 39.8. The van der Waals surface area contributed by atoms with Crippen LogP contribution in [0.2, 0.25) is 0 Å². The van der Waals surface area contributed by atoms with Crippen LogP contribution in [-0.2, 0) is 14.3 Å². The summed E-state index contributed by atoms with van der Waals surface area (Å²) in [5, 5.41) is 25.4. The van der Waals surface area contributed by atoms with Crippen LogP contribution in [0.4, 0.5) is 4.79 Å². The Hall–Kier alpha value is -2.81. The average Bonchev–Trinajstić information content (AvgIpc) is 2.66. The van der Waals surface area contributed by atoms with Crippen molar-refractivity contribution in [1.82, 2.24) is 15.5 Å². The van der Waals surface area contributed by atoms with Gasteiger partial charge in [0.05, 0.1) is 6.61 Å². The lowest BCUT2D eigenvalue weighted by Gasteiger charge is -2.34. The van der Waals surface area contributed by atoms with Crippen LogP contribution in [0.15, 0.2) is 24.3 Å². The Kier molecular flexibility index (Phi) is 10.5. The lowest BCUT2D eigenvalue weighted by Crippen LogP contribution is -2.53. The molecule has 0 saturated carbocycles. The Morgan fingerprint density at radius 1 is 1.12 bits per heavy atom. The van der Waals surface area contributed by atoms with E-state index in [0.29, 0.717) is 0 Å². The van der Waals surface area contributed by atoms with Gasteiger partial charge in [-0.3, -0.25) is 9.59 Å². The second-order valence-corrected chi connectivity index (χ2v) is 8.78. The van der Waals surface area contributed by atoms with Gasteiger partial charge < -0.3 is 30.5 Å². The van der Waals surface area contributed by atoms with Crippen LogP contribution in [0.25, 0.3) is 0 Å². The number of alkyl carbamates (subject to hydrolysis) is 1. The smallest absolute Gasteiger partial charge is 0.408 e. The number of aromatic hydroxyl groups is 1. The van der Waals surface area contributed by atoms with Crippen molar-refractivity contribution < 1.29 is 29.3 Å². The number of para-hydroxylation sites is 1. The predicted octanol–water partition coefficient (Wildman–Crippen LogP) is 2.47. The molecule has 0 bridgehead atoms. The number of phenols is 1. The molecule has 0 saturated heterocycles. The van der Waals surface area contributed by atoms with E-state index < -0.39 is 42.2 Å². The SMILES string of the molecule is CCCC(C)NC(=O)C(c1ccccc1O)N(CCO)C(=O)C(C)NC(=O)OC(C)(C)C. The molecule has 32 heavy (non-hydrogen) atoms. The van der Waals surface area contributed by atoms with Crippen LogP contribution < -0.4 is 10.6 Å². The molecule has 9 nitrogen and oxygen atoms in total. The zero-order valence-corrected chi connectivity index (χ0v) is 19.8. The number of benzene rings is 1. The van der Waals surface area contributed by atoms with Gasteiger partial charge in [0.25, 0.3) is 0 Å². The summed E-state index contributed by atoms with van der Waals surface area (Å²) in [6, 6.07) is 3.85. The monoisotopic (exact) mass is 451 g/mol. The van der Waals surface area contributed by atoms with Crippen molar-refractivity contribution >= 4 is 17.9 Å². The number of hydrogen-bond acceptors (Lipinski definition) is 6. The molecule has 0 fully saturated rings. The molecular formula is C23H37N3O6. The molecule has 0 aliphatic rings. The second kappa shape index (κ2) is 12.3. The van der Waals surface area contributed by atoms with Gasteiger partial charge in [-0.1, -0.05) is 31.5 Å². The van der Waals surface area contributed by atoms with Crippen LogP contribution in [0, 0.1) is 0 Å². The number of aliphatic hydroxyl groups excluding tert-OH is 1. The minimum atomic E-state index is -1.20. The number of aliphatic hydroxyl groups is 1. The molecule has 1 aromatic rings. The number of rotatable bonds is 10. The molecule has 3 amide bonds. The van der Waals surface area contributed by atoms with E-state index in [1.54, 1.807) is 39.0 Å². The third-order valence-electron chi connectivity index (χ3n) is 4.63. The number of ether oxygens (including phenoxy) is 1. The van der Waals surface area contributed by atoms with Crippen molar-refractivity contribution in [3.05, 3.63) is 29.8 Å². The first-order valence-electron chi connectivity index (χ1n) is 10.9. The highest BCUT2D eigenvalue weighted by atomic mass is 16.6. The summed E-state index contributed by atoms with van der Waals surface area (Å²) < 4.78 is 5.20. The fraction of sp³-hybridized carbons (Fsp3) is 0.609. The van der Waals surface area contributed by atoms with Crippen molar-refractivity contribution in [3.63, 3.8) is 0 Å². The Balaban J connectivity index is 3.25. The molecule has 3 atom stereocenters. The number of hydrogen-bond donors (Lipinski definition) is 4. The molecule has 9 heteroatoms. The third-order valence-corrected chi connectivity index (χ3v) is 4.63. The molecule has 0 spiro atoms. The topological polar surface area (TPSA) is 128 Å². The van der Waals surface area contributed by atoms with Gasteiger partial charge in [0, 0.05) is 18.2 Å². The number of carbonyl (C=O) groups excluding carboxylic acids is 3. The van der Waals surface area contributed by atoms with Crippen molar-refractivity contribution in [2.24, 2.45) is 0 Å². The minimum absolute atomic E-state index is 0.149. The van der Waals surface area contributed by atoms with Crippen LogP contribution in [0.1, 0.15) is 66.0 Å².